The molecule has 0 radical (unpaired) electrons. The average Bonchev–Trinajstić information content (AvgIpc) is 3.31. The van der Waals surface area contributed by atoms with Gasteiger partial charge in [-0.3, -0.25) is 24.7 Å². The van der Waals surface area contributed by atoms with Gasteiger partial charge in [0.2, 0.25) is 5.91 Å². The van der Waals surface area contributed by atoms with Gasteiger partial charge in [0.15, 0.2) is 5.69 Å². The lowest BCUT2D eigenvalue weighted by Gasteiger charge is -2.27. The highest BCUT2D eigenvalue weighted by molar-refractivity contribution is 5.94. The number of rotatable bonds is 5. The number of aromatic amines is 1. The van der Waals surface area contributed by atoms with E-state index in [0.29, 0.717) is 34.4 Å². The predicted octanol–water partition coefficient (Wildman–Crippen LogP) is 3.71. The van der Waals surface area contributed by atoms with Crippen molar-refractivity contribution in [3.63, 3.8) is 0 Å². The molecule has 3 aromatic heterocycles. The molecule has 0 aliphatic carbocycles. The van der Waals surface area contributed by atoms with Gasteiger partial charge in [0, 0.05) is 36.0 Å². The first-order valence-corrected chi connectivity index (χ1v) is 11.5. The minimum absolute atomic E-state index is 0.0347. The van der Waals surface area contributed by atoms with Crippen molar-refractivity contribution in [2.75, 3.05) is 6.54 Å². The Balaban J connectivity index is 1.23. The zero-order chi connectivity index (χ0) is 27.0. The number of nitrogens with one attached hydrogen (secondary N) is 2. The number of carbonyl (C=O) groups excluding carboxylic acids is 2. The minimum Gasteiger partial charge on any atom is -0.345 e. The second-order valence-corrected chi connectivity index (χ2v) is 8.74. The van der Waals surface area contributed by atoms with E-state index in [0.717, 1.165) is 0 Å². The molecule has 4 heterocycles. The van der Waals surface area contributed by atoms with E-state index in [-0.39, 0.29) is 48.8 Å². The van der Waals surface area contributed by atoms with Crippen LogP contribution in [-0.4, -0.2) is 43.4 Å². The molecule has 2 N–H and O–H groups in total. The van der Waals surface area contributed by atoms with Crippen LogP contribution in [-0.2, 0) is 36.9 Å². The zero-order valence-electron chi connectivity index (χ0n) is 19.6. The van der Waals surface area contributed by atoms with Crippen LogP contribution in [0.1, 0.15) is 38.6 Å². The Labute approximate surface area is 211 Å². The third-order valence-corrected chi connectivity index (χ3v) is 6.28. The molecule has 0 saturated heterocycles. The number of nitrogens with zero attached hydrogens (tertiary/aromatic N) is 4. The molecule has 0 fully saturated rings. The number of H-pyrrole nitrogens is 1. The number of alkyl halides is 3. The third kappa shape index (κ3) is 5.04. The van der Waals surface area contributed by atoms with E-state index in [2.05, 4.69) is 25.5 Å². The average molecular weight is 530 g/mol. The highest BCUT2D eigenvalue weighted by atomic mass is 19.4. The number of aromatic nitrogens is 4. The standard InChI is InChI=1S/C25H19F5N6O2/c26-17-9-19-13(2-1-4-31-19)6-14(17)7-22(37)36-5-3-16-21(12-36)34-35-23(16)24(38)33-11-20-18(27)8-15(10-32-20)25(28,29)30/h1-2,4,6,8-10H,3,5,7,11-12H2,(H,33,38)(H,34,35). The third-order valence-electron chi connectivity index (χ3n) is 6.28. The fourth-order valence-corrected chi connectivity index (χ4v) is 4.27. The number of benzene rings is 1. The molecular formula is C25H19F5N6O2. The summed E-state index contributed by atoms with van der Waals surface area (Å²) < 4.78 is 66.6. The van der Waals surface area contributed by atoms with E-state index in [1.807, 2.05) is 0 Å². The van der Waals surface area contributed by atoms with Gasteiger partial charge >= 0.3 is 6.18 Å². The Kier molecular flexibility index (Phi) is 6.51. The van der Waals surface area contributed by atoms with Gasteiger partial charge in [-0.05, 0) is 30.2 Å². The summed E-state index contributed by atoms with van der Waals surface area (Å²) in [5, 5.41) is 9.84. The van der Waals surface area contributed by atoms with Crippen LogP contribution in [0.5, 0.6) is 0 Å². The van der Waals surface area contributed by atoms with E-state index in [4.69, 9.17) is 0 Å². The van der Waals surface area contributed by atoms with Crippen LogP contribution in [0.3, 0.4) is 0 Å². The Morgan fingerprint density at radius 1 is 1.11 bits per heavy atom. The molecule has 0 atom stereocenters. The minimum atomic E-state index is -4.74. The van der Waals surface area contributed by atoms with Crippen molar-refractivity contribution in [3.8, 4) is 0 Å². The lowest BCUT2D eigenvalue weighted by atomic mass is 10.0. The van der Waals surface area contributed by atoms with Crippen molar-refractivity contribution in [3.05, 3.63) is 88.1 Å². The molecule has 8 nitrogen and oxygen atoms in total. The molecule has 1 aliphatic heterocycles. The number of amides is 2. The lowest BCUT2D eigenvalue weighted by molar-refractivity contribution is -0.138. The van der Waals surface area contributed by atoms with E-state index in [9.17, 15) is 31.5 Å². The highest BCUT2D eigenvalue weighted by Crippen LogP contribution is 2.29. The van der Waals surface area contributed by atoms with Crippen molar-refractivity contribution in [1.82, 2.24) is 30.4 Å². The number of carbonyl (C=O) groups is 2. The smallest absolute Gasteiger partial charge is 0.345 e. The van der Waals surface area contributed by atoms with Crippen LogP contribution in [0.25, 0.3) is 10.9 Å². The van der Waals surface area contributed by atoms with Crippen molar-refractivity contribution < 1.29 is 31.5 Å². The van der Waals surface area contributed by atoms with Crippen molar-refractivity contribution in [2.45, 2.75) is 32.1 Å². The van der Waals surface area contributed by atoms with Gasteiger partial charge in [0.05, 0.1) is 42.0 Å². The Morgan fingerprint density at radius 3 is 2.68 bits per heavy atom. The summed E-state index contributed by atoms with van der Waals surface area (Å²) in [6.45, 7) is -0.0559. The summed E-state index contributed by atoms with van der Waals surface area (Å²) in [4.78, 5) is 34.6. The lowest BCUT2D eigenvalue weighted by Crippen LogP contribution is -2.37. The molecule has 38 heavy (non-hydrogen) atoms. The van der Waals surface area contributed by atoms with Gasteiger partial charge in [-0.2, -0.15) is 18.3 Å². The molecule has 0 saturated carbocycles. The van der Waals surface area contributed by atoms with Crippen LogP contribution in [0.4, 0.5) is 22.0 Å². The zero-order valence-corrected chi connectivity index (χ0v) is 19.6. The molecule has 0 spiro atoms. The van der Waals surface area contributed by atoms with Crippen LogP contribution in [0.15, 0.2) is 42.7 Å². The highest BCUT2D eigenvalue weighted by Gasteiger charge is 2.32. The first kappa shape index (κ1) is 25.2. The molecule has 1 aliphatic rings. The van der Waals surface area contributed by atoms with Gasteiger partial charge in [-0.1, -0.05) is 6.07 Å². The number of pyridine rings is 2. The SMILES string of the molecule is O=C(NCc1ncc(C(F)(F)F)cc1F)c1n[nH]c2c1CCN(C(=O)Cc1cc3cccnc3cc1F)C2. The van der Waals surface area contributed by atoms with Gasteiger partial charge in [-0.15, -0.1) is 0 Å². The van der Waals surface area contributed by atoms with Crippen LogP contribution in [0, 0.1) is 11.6 Å². The molecule has 2 amide bonds. The molecule has 4 aromatic rings. The second kappa shape index (κ2) is 9.80. The maximum absolute atomic E-state index is 14.5. The molecule has 5 rings (SSSR count). The van der Waals surface area contributed by atoms with Crippen LogP contribution >= 0.6 is 0 Å². The fraction of sp³-hybridized carbons (Fsp3) is 0.240. The largest absolute Gasteiger partial charge is 0.417 e. The summed E-state index contributed by atoms with van der Waals surface area (Å²) in [6.07, 6.45) is -2.55. The second-order valence-electron chi connectivity index (χ2n) is 8.74. The first-order valence-electron chi connectivity index (χ1n) is 11.5. The van der Waals surface area contributed by atoms with E-state index < -0.39 is 35.8 Å². The first-order chi connectivity index (χ1) is 18.1. The van der Waals surface area contributed by atoms with Gasteiger partial charge in [0.25, 0.3) is 5.91 Å². The Morgan fingerprint density at radius 2 is 1.92 bits per heavy atom. The molecule has 1 aromatic carbocycles. The normalized spacial score (nSPS) is 13.4. The fourth-order valence-electron chi connectivity index (χ4n) is 4.27. The van der Waals surface area contributed by atoms with Crippen molar-refractivity contribution >= 4 is 22.7 Å². The number of halogens is 5. The van der Waals surface area contributed by atoms with Crippen LogP contribution < -0.4 is 5.32 Å². The van der Waals surface area contributed by atoms with Gasteiger partial charge in [-0.25, -0.2) is 8.78 Å². The monoisotopic (exact) mass is 530 g/mol. The van der Waals surface area contributed by atoms with Crippen molar-refractivity contribution in [1.29, 1.82) is 0 Å². The maximum Gasteiger partial charge on any atom is 0.417 e. The Hall–Kier alpha value is -4.42. The summed E-state index contributed by atoms with van der Waals surface area (Å²) >= 11 is 0. The maximum atomic E-state index is 14.5. The van der Waals surface area contributed by atoms with Gasteiger partial charge < -0.3 is 10.2 Å². The number of fused-ring (bicyclic) bond motifs is 2. The molecule has 13 heteroatoms. The number of hydrogen-bond donors (Lipinski definition) is 2. The molecule has 196 valence electrons. The summed E-state index contributed by atoms with van der Waals surface area (Å²) in [5.41, 5.74) is 0.272. The quantitative estimate of drug-likeness (QED) is 0.383. The number of hydrogen-bond acceptors (Lipinski definition) is 5. The van der Waals surface area contributed by atoms with Crippen LogP contribution in [0.2, 0.25) is 0 Å². The molecular weight excluding hydrogens is 511 g/mol. The summed E-state index contributed by atoms with van der Waals surface area (Å²) in [6, 6.07) is 6.70. The van der Waals surface area contributed by atoms with E-state index in [1.165, 1.54) is 11.0 Å². The molecule has 0 unspecified atom stereocenters. The van der Waals surface area contributed by atoms with E-state index in [1.54, 1.807) is 24.4 Å². The van der Waals surface area contributed by atoms with E-state index >= 15 is 0 Å². The summed E-state index contributed by atoms with van der Waals surface area (Å²) in [7, 11) is 0. The topological polar surface area (TPSA) is 104 Å². The van der Waals surface area contributed by atoms with Crippen molar-refractivity contribution in [2.24, 2.45) is 0 Å². The predicted molar refractivity (Wildman–Crippen MR) is 123 cm³/mol. The Bertz CT molecular complexity index is 1550. The summed E-state index contributed by atoms with van der Waals surface area (Å²) in [5.74, 6) is -2.70. The molecule has 0 bridgehead atoms. The van der Waals surface area contributed by atoms with Gasteiger partial charge in [0.1, 0.15) is 11.6 Å².